The van der Waals surface area contributed by atoms with Gasteiger partial charge >= 0.3 is 5.69 Å². The lowest BCUT2D eigenvalue weighted by Gasteiger charge is -2.26. The average Bonchev–Trinajstić information content (AvgIpc) is 2.39. The Bertz CT molecular complexity index is 504. The van der Waals surface area contributed by atoms with Gasteiger partial charge in [-0.1, -0.05) is 0 Å². The lowest BCUT2D eigenvalue weighted by Crippen LogP contribution is -2.31. The molecule has 1 aromatic heterocycles. The number of ether oxygens (including phenoxy) is 1. The van der Waals surface area contributed by atoms with E-state index in [1.54, 1.807) is 0 Å². The van der Waals surface area contributed by atoms with Crippen LogP contribution in [0.5, 0.6) is 0 Å². The number of hydrogen-bond acceptors (Lipinski definition) is 6. The van der Waals surface area contributed by atoms with Gasteiger partial charge in [0.2, 0.25) is 5.82 Å². The second-order valence-corrected chi connectivity index (χ2v) is 4.69. The minimum absolute atomic E-state index is 0.0915. The van der Waals surface area contributed by atoms with E-state index in [-0.39, 0.29) is 11.9 Å². The highest BCUT2D eigenvalue weighted by Gasteiger charge is 2.18. The molecular weight excluding hydrogens is 250 g/mol. The molecule has 8 heteroatoms. The van der Waals surface area contributed by atoms with Gasteiger partial charge in [-0.3, -0.25) is 9.78 Å². The van der Waals surface area contributed by atoms with Crippen molar-refractivity contribution in [2.75, 3.05) is 18.5 Å². The van der Waals surface area contributed by atoms with Crippen LogP contribution in [0.25, 0.3) is 0 Å². The van der Waals surface area contributed by atoms with E-state index in [0.717, 1.165) is 25.7 Å². The van der Waals surface area contributed by atoms with E-state index in [1.807, 2.05) is 0 Å². The van der Waals surface area contributed by atoms with Crippen LogP contribution in [-0.2, 0) is 4.74 Å². The van der Waals surface area contributed by atoms with E-state index in [2.05, 4.69) is 20.5 Å². The molecule has 2 rings (SSSR count). The first kappa shape index (κ1) is 13.8. The number of aromatic amines is 2. The number of anilines is 1. The highest BCUT2D eigenvalue weighted by Crippen LogP contribution is 2.19. The molecule has 0 aliphatic heterocycles. The van der Waals surface area contributed by atoms with Crippen LogP contribution in [0.2, 0.25) is 0 Å². The van der Waals surface area contributed by atoms with Gasteiger partial charge in [0.1, 0.15) is 0 Å². The van der Waals surface area contributed by atoms with E-state index in [4.69, 9.17) is 10.5 Å². The lowest BCUT2D eigenvalue weighted by atomic mass is 9.94. The van der Waals surface area contributed by atoms with Crippen molar-refractivity contribution < 1.29 is 4.74 Å². The number of rotatable bonds is 5. The van der Waals surface area contributed by atoms with Crippen LogP contribution in [0.3, 0.4) is 0 Å². The molecule has 0 amide bonds. The summed E-state index contributed by atoms with van der Waals surface area (Å²) in [5, 5.41) is 8.58. The maximum atomic E-state index is 11.3. The summed E-state index contributed by atoms with van der Waals surface area (Å²) in [6, 6.07) is 0.307. The fourth-order valence-corrected chi connectivity index (χ4v) is 2.12. The van der Waals surface area contributed by atoms with E-state index < -0.39 is 11.2 Å². The summed E-state index contributed by atoms with van der Waals surface area (Å²) in [4.78, 5) is 24.2. The fourth-order valence-electron chi connectivity index (χ4n) is 2.12. The van der Waals surface area contributed by atoms with Crippen molar-refractivity contribution in [1.82, 2.24) is 15.2 Å². The first-order valence-corrected chi connectivity index (χ1v) is 6.45. The third kappa shape index (κ3) is 4.18. The predicted octanol–water partition coefficient (Wildman–Crippen LogP) is -0.843. The zero-order valence-corrected chi connectivity index (χ0v) is 10.6. The monoisotopic (exact) mass is 269 g/mol. The van der Waals surface area contributed by atoms with Gasteiger partial charge < -0.3 is 15.8 Å². The molecule has 0 saturated heterocycles. The van der Waals surface area contributed by atoms with Crippen LogP contribution in [-0.4, -0.2) is 40.5 Å². The molecule has 1 aromatic rings. The molecule has 19 heavy (non-hydrogen) atoms. The standard InChI is InChI=1S/C11H19N5O3/c12-7-1-3-8(4-2-7)19-6-5-13-9-10(17)14-11(18)16-15-9/h7-8H,1-6,12H2,(H,13,15)(H2,14,16,17,18). The second kappa shape index (κ2) is 6.48. The molecule has 8 nitrogen and oxygen atoms in total. The van der Waals surface area contributed by atoms with Gasteiger partial charge in [-0.15, -0.1) is 5.10 Å². The minimum Gasteiger partial charge on any atom is -0.376 e. The lowest BCUT2D eigenvalue weighted by molar-refractivity contribution is 0.0313. The number of H-pyrrole nitrogens is 2. The fraction of sp³-hybridized carbons (Fsp3) is 0.727. The van der Waals surface area contributed by atoms with Gasteiger partial charge in [0.15, 0.2) is 0 Å². The normalized spacial score (nSPS) is 23.2. The molecule has 1 fully saturated rings. The van der Waals surface area contributed by atoms with Crippen LogP contribution in [0.1, 0.15) is 25.7 Å². The maximum Gasteiger partial charge on any atom is 0.342 e. The van der Waals surface area contributed by atoms with Crippen molar-refractivity contribution in [3.8, 4) is 0 Å². The predicted molar refractivity (Wildman–Crippen MR) is 70.2 cm³/mol. The van der Waals surface area contributed by atoms with Crippen molar-refractivity contribution in [3.05, 3.63) is 20.8 Å². The summed E-state index contributed by atoms with van der Waals surface area (Å²) < 4.78 is 5.69. The third-order valence-corrected chi connectivity index (χ3v) is 3.18. The summed E-state index contributed by atoms with van der Waals surface area (Å²) in [5.41, 5.74) is 4.66. The average molecular weight is 269 g/mol. The Morgan fingerprint density at radius 1 is 1.32 bits per heavy atom. The zero-order chi connectivity index (χ0) is 13.7. The quantitative estimate of drug-likeness (QED) is 0.516. The summed E-state index contributed by atoms with van der Waals surface area (Å²) in [7, 11) is 0. The minimum atomic E-state index is -0.620. The smallest absolute Gasteiger partial charge is 0.342 e. The summed E-state index contributed by atoms with van der Waals surface area (Å²) in [6.45, 7) is 0.949. The Morgan fingerprint density at radius 3 is 2.74 bits per heavy atom. The highest BCUT2D eigenvalue weighted by atomic mass is 16.5. The molecule has 0 radical (unpaired) electrons. The van der Waals surface area contributed by atoms with Crippen LogP contribution < -0.4 is 22.3 Å². The number of nitrogens with two attached hydrogens (primary N) is 1. The largest absolute Gasteiger partial charge is 0.376 e. The van der Waals surface area contributed by atoms with Gasteiger partial charge in [0, 0.05) is 12.6 Å². The van der Waals surface area contributed by atoms with Crippen molar-refractivity contribution in [2.45, 2.75) is 37.8 Å². The Hall–Kier alpha value is -1.67. The summed E-state index contributed by atoms with van der Waals surface area (Å²) >= 11 is 0. The first-order valence-electron chi connectivity index (χ1n) is 6.45. The number of nitrogens with zero attached hydrogens (tertiary/aromatic N) is 1. The van der Waals surface area contributed by atoms with Crippen molar-refractivity contribution in [3.63, 3.8) is 0 Å². The van der Waals surface area contributed by atoms with Crippen molar-refractivity contribution in [2.24, 2.45) is 5.73 Å². The van der Waals surface area contributed by atoms with Crippen LogP contribution in [0.4, 0.5) is 5.82 Å². The highest BCUT2D eigenvalue weighted by molar-refractivity contribution is 5.28. The molecule has 5 N–H and O–H groups in total. The zero-order valence-electron chi connectivity index (χ0n) is 10.6. The van der Waals surface area contributed by atoms with E-state index in [0.29, 0.717) is 19.2 Å². The summed E-state index contributed by atoms with van der Waals surface area (Å²) in [6.07, 6.45) is 4.22. The molecule has 1 aliphatic rings. The topological polar surface area (TPSA) is 126 Å². The summed E-state index contributed by atoms with van der Waals surface area (Å²) in [5.74, 6) is 0.0915. The van der Waals surface area contributed by atoms with Gasteiger partial charge in [-0.05, 0) is 25.7 Å². The number of hydrogen-bond donors (Lipinski definition) is 4. The Balaban J connectivity index is 1.69. The van der Waals surface area contributed by atoms with Gasteiger partial charge in [0.05, 0.1) is 12.7 Å². The van der Waals surface area contributed by atoms with Crippen molar-refractivity contribution >= 4 is 5.82 Å². The SMILES string of the molecule is NC1CCC(OCCNc2n[nH]c(=O)[nH]c2=O)CC1. The van der Waals surface area contributed by atoms with Gasteiger partial charge in [0.25, 0.3) is 5.56 Å². The molecule has 1 aliphatic carbocycles. The van der Waals surface area contributed by atoms with E-state index >= 15 is 0 Å². The Labute approximate surface area is 109 Å². The molecule has 0 unspecified atom stereocenters. The molecule has 106 valence electrons. The van der Waals surface area contributed by atoms with Gasteiger partial charge in [-0.25, -0.2) is 9.89 Å². The molecule has 0 aromatic carbocycles. The molecule has 0 atom stereocenters. The van der Waals surface area contributed by atoms with Crippen LogP contribution >= 0.6 is 0 Å². The Morgan fingerprint density at radius 2 is 2.05 bits per heavy atom. The molecule has 1 saturated carbocycles. The van der Waals surface area contributed by atoms with Crippen LogP contribution in [0.15, 0.2) is 9.59 Å². The molecule has 0 spiro atoms. The first-order chi connectivity index (χ1) is 9.15. The van der Waals surface area contributed by atoms with E-state index in [1.165, 1.54) is 0 Å². The van der Waals surface area contributed by atoms with Gasteiger partial charge in [-0.2, -0.15) is 0 Å². The molecular formula is C11H19N5O3. The Kier molecular flexibility index (Phi) is 4.69. The molecule has 0 bridgehead atoms. The van der Waals surface area contributed by atoms with Crippen molar-refractivity contribution in [1.29, 1.82) is 0 Å². The third-order valence-electron chi connectivity index (χ3n) is 3.18. The molecule has 1 heterocycles. The second-order valence-electron chi connectivity index (χ2n) is 4.69. The van der Waals surface area contributed by atoms with Crippen LogP contribution in [0, 0.1) is 0 Å². The number of nitrogens with one attached hydrogen (secondary N) is 3. The number of aromatic nitrogens is 3. The maximum absolute atomic E-state index is 11.3. The van der Waals surface area contributed by atoms with E-state index in [9.17, 15) is 9.59 Å².